The molecule has 0 aliphatic heterocycles. The molecule has 8 nitrogen and oxygen atoms in total. The number of hydrazone groups is 1. The lowest BCUT2D eigenvalue weighted by Gasteiger charge is -2.12. The van der Waals surface area contributed by atoms with Crippen LogP contribution in [0.15, 0.2) is 65.8 Å². The lowest BCUT2D eigenvalue weighted by Crippen LogP contribution is -2.32. The highest BCUT2D eigenvalue weighted by atomic mass is 35.5. The molecule has 0 aromatic heterocycles. The van der Waals surface area contributed by atoms with E-state index in [4.69, 9.17) is 27.9 Å². The van der Waals surface area contributed by atoms with Crippen LogP contribution in [0.3, 0.4) is 0 Å². The van der Waals surface area contributed by atoms with Crippen LogP contribution in [-0.2, 0) is 14.4 Å². The van der Waals surface area contributed by atoms with Crippen molar-refractivity contribution in [2.24, 2.45) is 5.10 Å². The number of ether oxygens (including phenoxy) is 1. The van der Waals surface area contributed by atoms with Crippen LogP contribution in [0.4, 0.5) is 11.4 Å². The van der Waals surface area contributed by atoms with Crippen LogP contribution < -0.4 is 20.8 Å². The Morgan fingerprint density at radius 3 is 2.23 bits per heavy atom. The van der Waals surface area contributed by atoms with Gasteiger partial charge in [-0.2, -0.15) is 5.10 Å². The molecule has 0 atom stereocenters. The molecule has 0 saturated heterocycles. The normalized spacial score (nSPS) is 10.6. The third kappa shape index (κ3) is 7.30. The van der Waals surface area contributed by atoms with Crippen molar-refractivity contribution in [3.63, 3.8) is 0 Å². The van der Waals surface area contributed by atoms with Gasteiger partial charge in [0.15, 0.2) is 6.61 Å². The van der Waals surface area contributed by atoms with E-state index in [9.17, 15) is 14.4 Å². The van der Waals surface area contributed by atoms with Crippen molar-refractivity contribution in [3.8, 4) is 5.75 Å². The zero-order valence-electron chi connectivity index (χ0n) is 18.9. The number of hydrogen-bond donors (Lipinski definition) is 3. The molecule has 3 aromatic rings. The summed E-state index contributed by atoms with van der Waals surface area (Å²) in [7, 11) is 0. The van der Waals surface area contributed by atoms with E-state index in [0.717, 1.165) is 16.8 Å². The molecule has 35 heavy (non-hydrogen) atoms. The minimum Gasteiger partial charge on any atom is -0.484 e. The Bertz CT molecular complexity index is 1260. The van der Waals surface area contributed by atoms with Crippen molar-refractivity contribution in [2.75, 3.05) is 17.2 Å². The molecule has 0 heterocycles. The number of para-hydroxylation sites is 1. The number of aryl methyl sites for hydroxylation is 2. The topological polar surface area (TPSA) is 109 Å². The zero-order chi connectivity index (χ0) is 25.4. The predicted molar refractivity (Wildman–Crippen MR) is 137 cm³/mol. The maximum atomic E-state index is 12.2. The van der Waals surface area contributed by atoms with Gasteiger partial charge in [0, 0.05) is 5.69 Å². The van der Waals surface area contributed by atoms with E-state index >= 15 is 0 Å². The fourth-order valence-electron chi connectivity index (χ4n) is 2.98. The largest absolute Gasteiger partial charge is 0.484 e. The van der Waals surface area contributed by atoms with Gasteiger partial charge in [-0.05, 0) is 66.9 Å². The molecule has 3 amide bonds. The summed E-state index contributed by atoms with van der Waals surface area (Å²) in [6, 6.07) is 17.1. The number of benzene rings is 3. The summed E-state index contributed by atoms with van der Waals surface area (Å²) >= 11 is 11.9. The first kappa shape index (κ1) is 25.7. The van der Waals surface area contributed by atoms with E-state index in [1.54, 1.807) is 36.4 Å². The van der Waals surface area contributed by atoms with Gasteiger partial charge in [0.25, 0.3) is 5.91 Å². The molecule has 0 unspecified atom stereocenters. The third-order valence-corrected chi connectivity index (χ3v) is 5.60. The number of amides is 3. The van der Waals surface area contributed by atoms with Gasteiger partial charge >= 0.3 is 11.8 Å². The van der Waals surface area contributed by atoms with Crippen molar-refractivity contribution in [2.45, 2.75) is 13.8 Å². The molecule has 0 bridgehead atoms. The first-order valence-corrected chi connectivity index (χ1v) is 11.2. The monoisotopic (exact) mass is 512 g/mol. The molecular weight excluding hydrogens is 491 g/mol. The fraction of sp³-hybridized carbons (Fsp3) is 0.120. The summed E-state index contributed by atoms with van der Waals surface area (Å²) in [5.41, 5.74) is 5.70. The van der Waals surface area contributed by atoms with E-state index in [2.05, 4.69) is 21.2 Å². The summed E-state index contributed by atoms with van der Waals surface area (Å²) < 4.78 is 5.52. The van der Waals surface area contributed by atoms with E-state index in [1.807, 2.05) is 32.0 Å². The maximum Gasteiger partial charge on any atom is 0.329 e. The second kappa shape index (κ2) is 12.0. The number of rotatable bonds is 7. The quantitative estimate of drug-likeness (QED) is 0.241. The number of carbonyl (C=O) groups excluding carboxylic acids is 3. The molecule has 0 aliphatic carbocycles. The first-order valence-electron chi connectivity index (χ1n) is 10.4. The summed E-state index contributed by atoms with van der Waals surface area (Å²) in [5, 5.41) is 9.36. The van der Waals surface area contributed by atoms with Gasteiger partial charge in [0.2, 0.25) is 0 Å². The summed E-state index contributed by atoms with van der Waals surface area (Å²) in [6.07, 6.45) is 1.36. The number of anilines is 2. The lowest BCUT2D eigenvalue weighted by atomic mass is 10.1. The molecule has 0 aliphatic rings. The molecule has 3 rings (SSSR count). The standard InChI is InChI=1S/C25H22Cl2N4O4/c1-15-5-3-6-16(2)23(15)30-21(32)14-35-18-11-9-17(10-12-18)13-28-31-25(34)24(33)29-20-8-4-7-19(26)22(20)27/h3-13H,14H2,1-2H3,(H,29,33)(H,30,32)(H,31,34). The average molecular weight is 513 g/mol. The highest BCUT2D eigenvalue weighted by molar-refractivity contribution is 6.45. The highest BCUT2D eigenvalue weighted by Crippen LogP contribution is 2.29. The second-order valence-corrected chi connectivity index (χ2v) is 8.21. The summed E-state index contributed by atoms with van der Waals surface area (Å²) in [4.78, 5) is 36.2. The van der Waals surface area contributed by atoms with Gasteiger partial charge in [0.1, 0.15) is 5.75 Å². The van der Waals surface area contributed by atoms with Crippen LogP contribution in [-0.4, -0.2) is 30.5 Å². The average Bonchev–Trinajstić information content (AvgIpc) is 2.83. The molecule has 0 saturated carbocycles. The van der Waals surface area contributed by atoms with Crippen molar-refractivity contribution >= 4 is 58.5 Å². The van der Waals surface area contributed by atoms with Crippen LogP contribution in [0.25, 0.3) is 0 Å². The molecular formula is C25H22Cl2N4O4. The van der Waals surface area contributed by atoms with E-state index < -0.39 is 11.8 Å². The molecule has 0 spiro atoms. The van der Waals surface area contributed by atoms with Gasteiger partial charge in [-0.25, -0.2) is 5.43 Å². The van der Waals surface area contributed by atoms with Gasteiger partial charge in [-0.1, -0.05) is 47.5 Å². The number of hydrogen-bond acceptors (Lipinski definition) is 5. The minimum absolute atomic E-state index is 0.129. The van der Waals surface area contributed by atoms with Gasteiger partial charge in [-0.3, -0.25) is 14.4 Å². The Hall–Kier alpha value is -3.88. The Morgan fingerprint density at radius 2 is 1.54 bits per heavy atom. The smallest absolute Gasteiger partial charge is 0.329 e. The molecule has 0 fully saturated rings. The Morgan fingerprint density at radius 1 is 0.886 bits per heavy atom. The molecule has 180 valence electrons. The number of nitrogens with zero attached hydrogens (tertiary/aromatic N) is 1. The first-order chi connectivity index (χ1) is 16.7. The fourth-order valence-corrected chi connectivity index (χ4v) is 3.33. The van der Waals surface area contributed by atoms with E-state index in [-0.39, 0.29) is 28.2 Å². The van der Waals surface area contributed by atoms with Crippen LogP contribution in [0.1, 0.15) is 16.7 Å². The number of halogens is 2. The summed E-state index contributed by atoms with van der Waals surface area (Å²) in [5.74, 6) is -1.71. The van der Waals surface area contributed by atoms with E-state index in [1.165, 1.54) is 12.3 Å². The van der Waals surface area contributed by atoms with Crippen molar-refractivity contribution < 1.29 is 19.1 Å². The summed E-state index contributed by atoms with van der Waals surface area (Å²) in [6.45, 7) is 3.70. The van der Waals surface area contributed by atoms with Crippen LogP contribution in [0.5, 0.6) is 5.75 Å². The Kier molecular flexibility index (Phi) is 8.83. The molecule has 10 heteroatoms. The maximum absolute atomic E-state index is 12.2. The number of nitrogens with one attached hydrogen (secondary N) is 3. The highest BCUT2D eigenvalue weighted by Gasteiger charge is 2.15. The van der Waals surface area contributed by atoms with Crippen LogP contribution in [0.2, 0.25) is 10.0 Å². The Labute approximate surface area is 212 Å². The Balaban J connectivity index is 1.46. The van der Waals surface area contributed by atoms with Gasteiger partial charge < -0.3 is 15.4 Å². The van der Waals surface area contributed by atoms with Crippen LogP contribution in [0, 0.1) is 13.8 Å². The van der Waals surface area contributed by atoms with Gasteiger partial charge in [0.05, 0.1) is 21.9 Å². The molecule has 0 radical (unpaired) electrons. The SMILES string of the molecule is Cc1cccc(C)c1NC(=O)COc1ccc(C=NNC(=O)C(=O)Nc2cccc(Cl)c2Cl)cc1. The molecule has 3 aromatic carbocycles. The van der Waals surface area contributed by atoms with Crippen LogP contribution >= 0.6 is 23.2 Å². The molecule has 3 N–H and O–H groups in total. The minimum atomic E-state index is -0.979. The van der Waals surface area contributed by atoms with Crippen molar-refractivity contribution in [3.05, 3.63) is 87.4 Å². The zero-order valence-corrected chi connectivity index (χ0v) is 20.4. The van der Waals surface area contributed by atoms with Gasteiger partial charge in [-0.15, -0.1) is 0 Å². The lowest BCUT2D eigenvalue weighted by molar-refractivity contribution is -0.136. The van der Waals surface area contributed by atoms with Crippen molar-refractivity contribution in [1.29, 1.82) is 0 Å². The predicted octanol–water partition coefficient (Wildman–Crippen LogP) is 4.72. The second-order valence-electron chi connectivity index (χ2n) is 7.43. The third-order valence-electron chi connectivity index (χ3n) is 4.78. The number of carbonyl (C=O) groups is 3. The van der Waals surface area contributed by atoms with Crippen molar-refractivity contribution in [1.82, 2.24) is 5.43 Å². The van der Waals surface area contributed by atoms with E-state index in [0.29, 0.717) is 11.3 Å².